The first-order valence-electron chi connectivity index (χ1n) is 6.72. The topological polar surface area (TPSA) is 24.9 Å². The molecule has 0 aliphatic carbocycles. The third-order valence-corrected chi connectivity index (χ3v) is 3.97. The number of pyridine rings is 1. The molecular formula is C16H18BrClN2. The van der Waals surface area contributed by atoms with Crippen molar-refractivity contribution in [2.24, 2.45) is 0 Å². The average molecular weight is 354 g/mol. The lowest BCUT2D eigenvalue weighted by Gasteiger charge is -2.21. The first-order chi connectivity index (χ1) is 9.61. The molecule has 1 N–H and O–H groups in total. The molecule has 0 amide bonds. The second-order valence-corrected chi connectivity index (χ2v) is 6.11. The van der Waals surface area contributed by atoms with Gasteiger partial charge in [-0.3, -0.25) is 4.98 Å². The smallest absolute Gasteiger partial charge is 0.0607 e. The quantitative estimate of drug-likeness (QED) is 0.827. The Kier molecular flexibility index (Phi) is 5.58. The van der Waals surface area contributed by atoms with Crippen LogP contribution in [0.15, 0.2) is 41.0 Å². The fourth-order valence-corrected chi connectivity index (χ4v) is 2.69. The molecule has 0 spiro atoms. The van der Waals surface area contributed by atoms with Crippen LogP contribution in [0, 0.1) is 6.92 Å². The van der Waals surface area contributed by atoms with Crippen LogP contribution in [0.25, 0.3) is 0 Å². The first-order valence-corrected chi connectivity index (χ1v) is 7.89. The lowest BCUT2D eigenvalue weighted by Crippen LogP contribution is -2.23. The second-order valence-electron chi connectivity index (χ2n) is 4.79. The molecule has 0 saturated heterocycles. The van der Waals surface area contributed by atoms with Crippen molar-refractivity contribution in [3.8, 4) is 0 Å². The van der Waals surface area contributed by atoms with Gasteiger partial charge in [0, 0.05) is 21.4 Å². The van der Waals surface area contributed by atoms with Crippen molar-refractivity contribution in [3.05, 3.63) is 62.8 Å². The average Bonchev–Trinajstić information content (AvgIpc) is 2.44. The van der Waals surface area contributed by atoms with Crippen LogP contribution in [0.2, 0.25) is 5.02 Å². The molecule has 0 radical (unpaired) electrons. The molecule has 4 heteroatoms. The van der Waals surface area contributed by atoms with Crippen LogP contribution in [0.1, 0.15) is 36.2 Å². The highest BCUT2D eigenvalue weighted by molar-refractivity contribution is 9.10. The molecule has 0 fully saturated rings. The molecule has 0 aliphatic heterocycles. The molecule has 0 bridgehead atoms. The van der Waals surface area contributed by atoms with Crippen molar-refractivity contribution in [3.63, 3.8) is 0 Å². The molecule has 2 aromatic rings. The molecule has 2 nitrogen and oxygen atoms in total. The minimum absolute atomic E-state index is 0.0630. The van der Waals surface area contributed by atoms with Crippen LogP contribution in [-0.4, -0.2) is 11.5 Å². The fraction of sp³-hybridized carbons (Fsp3) is 0.312. The summed E-state index contributed by atoms with van der Waals surface area (Å²) in [5, 5.41) is 4.31. The minimum Gasteiger partial charge on any atom is -0.306 e. The Morgan fingerprint density at radius 1 is 1.30 bits per heavy atom. The molecule has 106 valence electrons. The molecule has 1 aromatic heterocycles. The standard InChI is InChI=1S/C16H18BrClN2/c1-3-8-19-16(12-5-4-11(2)20-10-12)14-9-13(17)6-7-15(14)18/h4-7,9-10,16,19H,3,8H2,1-2H3. The molecule has 2 rings (SSSR count). The Morgan fingerprint density at radius 2 is 2.10 bits per heavy atom. The van der Waals surface area contributed by atoms with Crippen LogP contribution in [0.5, 0.6) is 0 Å². The van der Waals surface area contributed by atoms with Crippen molar-refractivity contribution in [2.45, 2.75) is 26.3 Å². The summed E-state index contributed by atoms with van der Waals surface area (Å²) in [5.41, 5.74) is 3.22. The van der Waals surface area contributed by atoms with E-state index >= 15 is 0 Å². The summed E-state index contributed by atoms with van der Waals surface area (Å²) in [6.07, 6.45) is 2.99. The Balaban J connectivity index is 2.41. The van der Waals surface area contributed by atoms with E-state index in [1.54, 1.807) is 0 Å². The Bertz CT molecular complexity index is 569. The van der Waals surface area contributed by atoms with E-state index in [1.165, 1.54) is 0 Å². The number of hydrogen-bond acceptors (Lipinski definition) is 2. The van der Waals surface area contributed by atoms with Gasteiger partial charge in [-0.15, -0.1) is 0 Å². The highest BCUT2D eigenvalue weighted by Gasteiger charge is 2.17. The van der Waals surface area contributed by atoms with E-state index in [4.69, 9.17) is 11.6 Å². The van der Waals surface area contributed by atoms with E-state index in [2.05, 4.69) is 45.3 Å². The Labute approximate surface area is 133 Å². The summed E-state index contributed by atoms with van der Waals surface area (Å²) < 4.78 is 1.03. The van der Waals surface area contributed by atoms with Gasteiger partial charge >= 0.3 is 0 Å². The number of benzene rings is 1. The number of rotatable bonds is 5. The molecular weight excluding hydrogens is 336 g/mol. The van der Waals surface area contributed by atoms with Crippen molar-refractivity contribution in [1.29, 1.82) is 0 Å². The number of halogens is 2. The summed E-state index contributed by atoms with van der Waals surface area (Å²) in [6.45, 7) is 5.08. The lowest BCUT2D eigenvalue weighted by atomic mass is 9.99. The van der Waals surface area contributed by atoms with E-state index < -0.39 is 0 Å². The number of hydrogen-bond donors (Lipinski definition) is 1. The van der Waals surface area contributed by atoms with E-state index in [-0.39, 0.29) is 6.04 Å². The van der Waals surface area contributed by atoms with Gasteiger partial charge < -0.3 is 5.32 Å². The van der Waals surface area contributed by atoms with Crippen LogP contribution in [-0.2, 0) is 0 Å². The largest absolute Gasteiger partial charge is 0.306 e. The molecule has 0 aliphatic rings. The van der Waals surface area contributed by atoms with Gasteiger partial charge in [0.15, 0.2) is 0 Å². The molecule has 1 unspecified atom stereocenters. The van der Waals surface area contributed by atoms with Gasteiger partial charge in [-0.1, -0.05) is 40.5 Å². The lowest BCUT2D eigenvalue weighted by molar-refractivity contribution is 0.596. The second kappa shape index (κ2) is 7.21. The third kappa shape index (κ3) is 3.81. The molecule has 0 saturated carbocycles. The monoisotopic (exact) mass is 352 g/mol. The molecule has 20 heavy (non-hydrogen) atoms. The van der Waals surface area contributed by atoms with E-state index in [0.29, 0.717) is 0 Å². The predicted octanol–water partition coefficient (Wildman–Crippen LogP) is 4.89. The van der Waals surface area contributed by atoms with Crippen molar-refractivity contribution >= 4 is 27.5 Å². The third-order valence-electron chi connectivity index (χ3n) is 3.14. The van der Waals surface area contributed by atoms with Gasteiger partial charge in [0.05, 0.1) is 6.04 Å². The van der Waals surface area contributed by atoms with Gasteiger partial charge in [-0.2, -0.15) is 0 Å². The maximum absolute atomic E-state index is 6.37. The summed E-state index contributed by atoms with van der Waals surface area (Å²) >= 11 is 9.88. The highest BCUT2D eigenvalue weighted by atomic mass is 79.9. The SMILES string of the molecule is CCCNC(c1ccc(C)nc1)c1cc(Br)ccc1Cl. The molecule has 1 heterocycles. The van der Waals surface area contributed by atoms with Gasteiger partial charge in [0.2, 0.25) is 0 Å². The molecule has 1 atom stereocenters. The zero-order chi connectivity index (χ0) is 14.5. The van der Waals surface area contributed by atoms with Crippen molar-refractivity contribution in [1.82, 2.24) is 10.3 Å². The molecule has 1 aromatic carbocycles. The highest BCUT2D eigenvalue weighted by Crippen LogP contribution is 2.30. The van der Waals surface area contributed by atoms with E-state index in [0.717, 1.165) is 39.3 Å². The predicted molar refractivity (Wildman–Crippen MR) is 88.3 cm³/mol. The number of aromatic nitrogens is 1. The van der Waals surface area contributed by atoms with Crippen LogP contribution in [0.3, 0.4) is 0 Å². The summed E-state index contributed by atoms with van der Waals surface area (Å²) in [6, 6.07) is 10.1. The first kappa shape index (κ1) is 15.5. The van der Waals surface area contributed by atoms with Crippen molar-refractivity contribution in [2.75, 3.05) is 6.54 Å². The minimum atomic E-state index is 0.0630. The number of nitrogens with one attached hydrogen (secondary N) is 1. The van der Waals surface area contributed by atoms with Crippen LogP contribution in [0.4, 0.5) is 0 Å². The summed E-state index contributed by atoms with van der Waals surface area (Å²) in [4.78, 5) is 4.39. The Morgan fingerprint density at radius 3 is 2.75 bits per heavy atom. The maximum atomic E-state index is 6.37. The van der Waals surface area contributed by atoms with Crippen LogP contribution >= 0.6 is 27.5 Å². The number of nitrogens with zero attached hydrogens (tertiary/aromatic N) is 1. The van der Waals surface area contributed by atoms with E-state index in [1.807, 2.05) is 31.3 Å². The summed E-state index contributed by atoms with van der Waals surface area (Å²) in [5.74, 6) is 0. The van der Waals surface area contributed by atoms with Crippen LogP contribution < -0.4 is 5.32 Å². The van der Waals surface area contributed by atoms with E-state index in [9.17, 15) is 0 Å². The van der Waals surface area contributed by atoms with Gasteiger partial charge in [-0.05, 0) is 55.3 Å². The van der Waals surface area contributed by atoms with Gasteiger partial charge in [0.1, 0.15) is 0 Å². The fourth-order valence-electron chi connectivity index (χ4n) is 2.08. The maximum Gasteiger partial charge on any atom is 0.0607 e. The summed E-state index contributed by atoms with van der Waals surface area (Å²) in [7, 11) is 0. The van der Waals surface area contributed by atoms with Gasteiger partial charge in [-0.25, -0.2) is 0 Å². The van der Waals surface area contributed by atoms with Crippen molar-refractivity contribution < 1.29 is 0 Å². The Hall–Kier alpha value is -0.900. The normalized spacial score (nSPS) is 12.4. The van der Waals surface area contributed by atoms with Gasteiger partial charge in [0.25, 0.3) is 0 Å². The zero-order valence-corrected chi connectivity index (χ0v) is 14.0. The number of aryl methyl sites for hydroxylation is 1. The zero-order valence-electron chi connectivity index (χ0n) is 11.7.